The third-order valence-corrected chi connectivity index (χ3v) is 4.69. The molecule has 5 heteroatoms. The van der Waals surface area contributed by atoms with E-state index in [9.17, 15) is 9.90 Å². The Balaban J connectivity index is 1.90. The molecule has 4 rings (SSSR count). The minimum Gasteiger partial charge on any atom is -0.454 e. The zero-order valence-electron chi connectivity index (χ0n) is 12.5. The number of hydrogen-bond donors (Lipinski definition) is 1. The number of para-hydroxylation sites is 1. The van der Waals surface area contributed by atoms with Crippen LogP contribution in [0.2, 0.25) is 5.02 Å². The monoisotopic (exact) mass is 329 g/mol. The quantitative estimate of drug-likeness (QED) is 0.694. The van der Waals surface area contributed by atoms with Crippen LogP contribution < -0.4 is 10.3 Å². The van der Waals surface area contributed by atoms with Gasteiger partial charge in [0.05, 0.1) is 21.9 Å². The van der Waals surface area contributed by atoms with E-state index in [1.54, 1.807) is 24.3 Å². The fourth-order valence-corrected chi connectivity index (χ4v) is 3.43. The molecule has 1 aliphatic heterocycles. The molecule has 1 N–H and O–H groups in total. The number of hydrogen-bond acceptors (Lipinski definition) is 4. The number of β-amino-alcohol motifs (C(OH)–C–C–N with tert-alkyl or cyclic N) is 1. The van der Waals surface area contributed by atoms with Gasteiger partial charge in [0.25, 0.3) is 0 Å². The largest absolute Gasteiger partial charge is 0.454 e. The van der Waals surface area contributed by atoms with Gasteiger partial charge in [0.15, 0.2) is 5.58 Å². The second kappa shape index (κ2) is 5.55. The number of benzene rings is 2. The molecule has 118 valence electrons. The highest BCUT2D eigenvalue weighted by Gasteiger charge is 2.19. The highest BCUT2D eigenvalue weighted by Crippen LogP contribution is 2.28. The molecule has 1 saturated heterocycles. The SMILES string of the molecule is O=c1c2ccc(N3CCCC(O)C3)cc2oc2c(Cl)cccc12. The minimum atomic E-state index is -0.308. The third-order valence-electron chi connectivity index (χ3n) is 4.40. The van der Waals surface area contributed by atoms with Gasteiger partial charge in [-0.1, -0.05) is 17.7 Å². The lowest BCUT2D eigenvalue weighted by atomic mass is 10.1. The van der Waals surface area contributed by atoms with Crippen molar-refractivity contribution in [2.45, 2.75) is 18.9 Å². The summed E-state index contributed by atoms with van der Waals surface area (Å²) in [6.07, 6.45) is 1.48. The zero-order chi connectivity index (χ0) is 16.0. The zero-order valence-corrected chi connectivity index (χ0v) is 13.2. The molecule has 0 amide bonds. The molecule has 1 fully saturated rings. The summed E-state index contributed by atoms with van der Waals surface area (Å²) in [5, 5.41) is 11.3. The summed E-state index contributed by atoms with van der Waals surface area (Å²) in [4.78, 5) is 14.7. The van der Waals surface area contributed by atoms with Gasteiger partial charge in [0.1, 0.15) is 5.58 Å². The van der Waals surface area contributed by atoms with Crippen LogP contribution in [0.5, 0.6) is 0 Å². The van der Waals surface area contributed by atoms with Crippen LogP contribution in [0.4, 0.5) is 5.69 Å². The molecule has 2 aromatic carbocycles. The first-order valence-corrected chi connectivity index (χ1v) is 8.09. The van der Waals surface area contributed by atoms with Gasteiger partial charge in [-0.2, -0.15) is 0 Å². The maximum absolute atomic E-state index is 12.6. The molecule has 1 aliphatic rings. The topological polar surface area (TPSA) is 53.7 Å². The molecule has 0 radical (unpaired) electrons. The van der Waals surface area contributed by atoms with E-state index < -0.39 is 0 Å². The van der Waals surface area contributed by atoms with Crippen LogP contribution in [0.3, 0.4) is 0 Å². The Hall–Kier alpha value is -2.04. The van der Waals surface area contributed by atoms with Crippen molar-refractivity contribution in [2.75, 3.05) is 18.0 Å². The molecular weight excluding hydrogens is 314 g/mol. The number of fused-ring (bicyclic) bond motifs is 2. The van der Waals surface area contributed by atoms with Crippen LogP contribution in [0, 0.1) is 0 Å². The minimum absolute atomic E-state index is 0.0750. The summed E-state index contributed by atoms with van der Waals surface area (Å²) >= 11 is 6.16. The van der Waals surface area contributed by atoms with E-state index in [-0.39, 0.29) is 11.5 Å². The lowest BCUT2D eigenvalue weighted by Crippen LogP contribution is -2.38. The number of halogens is 1. The van der Waals surface area contributed by atoms with Gasteiger partial charge in [0, 0.05) is 24.8 Å². The van der Waals surface area contributed by atoms with Crippen molar-refractivity contribution in [1.82, 2.24) is 0 Å². The molecule has 4 nitrogen and oxygen atoms in total. The van der Waals surface area contributed by atoms with Crippen molar-refractivity contribution >= 4 is 39.2 Å². The van der Waals surface area contributed by atoms with E-state index in [1.807, 2.05) is 12.1 Å². The molecule has 2 heterocycles. The molecule has 0 saturated carbocycles. The standard InChI is InChI=1S/C18H16ClNO3/c19-15-5-1-4-14-17(22)13-7-6-11(9-16(13)23-18(14)15)20-8-2-3-12(21)10-20/h1,4-7,9,12,21H,2-3,8,10H2. The summed E-state index contributed by atoms with van der Waals surface area (Å²) in [5.41, 5.74) is 1.82. The fraction of sp³-hybridized carbons (Fsp3) is 0.278. The molecule has 0 spiro atoms. The Labute approximate surface area is 137 Å². The smallest absolute Gasteiger partial charge is 0.200 e. The number of aliphatic hydroxyl groups is 1. The lowest BCUT2D eigenvalue weighted by molar-refractivity contribution is 0.154. The molecule has 0 bridgehead atoms. The van der Waals surface area contributed by atoms with E-state index >= 15 is 0 Å². The Morgan fingerprint density at radius 3 is 2.91 bits per heavy atom. The van der Waals surface area contributed by atoms with Crippen LogP contribution in [0.15, 0.2) is 45.6 Å². The number of aliphatic hydroxyl groups excluding tert-OH is 1. The van der Waals surface area contributed by atoms with Gasteiger partial charge in [-0.3, -0.25) is 4.79 Å². The number of anilines is 1. The highest BCUT2D eigenvalue weighted by atomic mass is 35.5. The van der Waals surface area contributed by atoms with Gasteiger partial charge in [-0.25, -0.2) is 0 Å². The van der Waals surface area contributed by atoms with Crippen molar-refractivity contribution in [3.63, 3.8) is 0 Å². The van der Waals surface area contributed by atoms with Crippen molar-refractivity contribution in [3.8, 4) is 0 Å². The summed E-state index contributed by atoms with van der Waals surface area (Å²) in [7, 11) is 0. The van der Waals surface area contributed by atoms with Crippen molar-refractivity contribution in [2.24, 2.45) is 0 Å². The predicted octanol–water partition coefficient (Wildman–Crippen LogP) is 3.56. The first-order chi connectivity index (χ1) is 11.1. The fourth-order valence-electron chi connectivity index (χ4n) is 3.22. The number of rotatable bonds is 1. The Morgan fingerprint density at radius 2 is 2.09 bits per heavy atom. The molecular formula is C18H16ClNO3. The van der Waals surface area contributed by atoms with Gasteiger partial charge < -0.3 is 14.4 Å². The van der Waals surface area contributed by atoms with Gasteiger partial charge in [-0.05, 0) is 37.1 Å². The molecule has 1 atom stereocenters. The summed E-state index contributed by atoms with van der Waals surface area (Å²) < 4.78 is 5.89. The maximum atomic E-state index is 12.6. The molecule has 1 unspecified atom stereocenters. The third kappa shape index (κ3) is 2.48. The predicted molar refractivity (Wildman–Crippen MR) is 92.5 cm³/mol. The van der Waals surface area contributed by atoms with Gasteiger partial charge >= 0.3 is 0 Å². The summed E-state index contributed by atoms with van der Waals surface area (Å²) in [6.45, 7) is 1.49. The highest BCUT2D eigenvalue weighted by molar-refractivity contribution is 6.34. The van der Waals surface area contributed by atoms with Crippen molar-refractivity contribution < 1.29 is 9.52 Å². The second-order valence-electron chi connectivity index (χ2n) is 5.97. The average molecular weight is 330 g/mol. The first kappa shape index (κ1) is 14.5. The van der Waals surface area contributed by atoms with Crippen LogP contribution in [-0.2, 0) is 0 Å². The summed E-state index contributed by atoms with van der Waals surface area (Å²) in [5.74, 6) is 0. The van der Waals surface area contributed by atoms with Crippen LogP contribution in [0.1, 0.15) is 12.8 Å². The van der Waals surface area contributed by atoms with E-state index in [0.717, 1.165) is 25.1 Å². The van der Waals surface area contributed by atoms with Crippen molar-refractivity contribution in [1.29, 1.82) is 0 Å². The molecule has 3 aromatic rings. The first-order valence-electron chi connectivity index (χ1n) is 7.71. The Morgan fingerprint density at radius 1 is 1.22 bits per heavy atom. The van der Waals surface area contributed by atoms with E-state index in [2.05, 4.69) is 4.90 Å². The molecule has 0 aliphatic carbocycles. The maximum Gasteiger partial charge on any atom is 0.200 e. The van der Waals surface area contributed by atoms with Crippen molar-refractivity contribution in [3.05, 3.63) is 51.6 Å². The normalized spacial score (nSPS) is 18.7. The lowest BCUT2D eigenvalue weighted by Gasteiger charge is -2.32. The Bertz CT molecular complexity index is 950. The number of nitrogens with zero attached hydrogens (tertiary/aromatic N) is 1. The summed E-state index contributed by atoms with van der Waals surface area (Å²) in [6, 6.07) is 10.7. The second-order valence-corrected chi connectivity index (χ2v) is 6.38. The van der Waals surface area contributed by atoms with Crippen LogP contribution in [0.25, 0.3) is 21.9 Å². The average Bonchev–Trinajstić information content (AvgIpc) is 2.56. The van der Waals surface area contributed by atoms with Gasteiger partial charge in [0.2, 0.25) is 5.43 Å². The number of piperidine rings is 1. The van der Waals surface area contributed by atoms with Gasteiger partial charge in [-0.15, -0.1) is 0 Å². The van der Waals surface area contributed by atoms with E-state index in [4.69, 9.17) is 16.0 Å². The molecule has 23 heavy (non-hydrogen) atoms. The Kier molecular flexibility index (Phi) is 3.51. The van der Waals surface area contributed by atoms with E-state index in [1.165, 1.54) is 0 Å². The molecule has 1 aromatic heterocycles. The van der Waals surface area contributed by atoms with E-state index in [0.29, 0.717) is 33.5 Å². The van der Waals surface area contributed by atoms with Crippen LogP contribution in [-0.4, -0.2) is 24.3 Å². The van der Waals surface area contributed by atoms with Crippen LogP contribution >= 0.6 is 11.6 Å².